The number of hydrogen-bond acceptors (Lipinski definition) is 4. The summed E-state index contributed by atoms with van der Waals surface area (Å²) in [4.78, 5) is 37.3. The van der Waals surface area contributed by atoms with Gasteiger partial charge in [-0.05, 0) is 12.1 Å². The highest BCUT2D eigenvalue weighted by atomic mass is 16.2. The molecule has 164 valence electrons. The van der Waals surface area contributed by atoms with E-state index in [1.54, 1.807) is 35.1 Å². The number of Topliss-reactive ketones (excluding diaryl/α,β-unsaturated/α-hetero) is 1. The quantitative estimate of drug-likeness (QED) is 0.337. The number of nitrogens with zero attached hydrogens (tertiary/aromatic N) is 2. The van der Waals surface area contributed by atoms with Gasteiger partial charge < -0.3 is 0 Å². The fourth-order valence-electron chi connectivity index (χ4n) is 3.31. The molecule has 0 atom stereocenters. The Kier molecular flexibility index (Phi) is 6.70. The normalized spacial score (nSPS) is 10.4. The van der Waals surface area contributed by atoms with Gasteiger partial charge in [0, 0.05) is 30.2 Å². The van der Waals surface area contributed by atoms with Crippen molar-refractivity contribution in [2.24, 2.45) is 0 Å². The summed E-state index contributed by atoms with van der Waals surface area (Å²) in [5, 5.41) is 4.59. The minimum Gasteiger partial charge on any atom is -0.294 e. The number of hydrazine groups is 1. The van der Waals surface area contributed by atoms with Crippen molar-refractivity contribution in [3.05, 3.63) is 108 Å². The van der Waals surface area contributed by atoms with E-state index in [2.05, 4.69) is 16.0 Å². The van der Waals surface area contributed by atoms with Crippen molar-refractivity contribution in [1.82, 2.24) is 20.6 Å². The molecule has 4 aromatic rings. The molecular formula is C26H22N4O3. The van der Waals surface area contributed by atoms with E-state index in [1.165, 1.54) is 0 Å². The van der Waals surface area contributed by atoms with Gasteiger partial charge in [0.05, 0.1) is 11.3 Å². The maximum Gasteiger partial charge on any atom is 0.273 e. The Balaban J connectivity index is 1.44. The molecule has 0 fully saturated rings. The number of para-hydroxylation sites is 1. The molecule has 2 N–H and O–H groups in total. The second-order valence-corrected chi connectivity index (χ2v) is 7.33. The molecular weight excluding hydrogens is 416 g/mol. The molecule has 33 heavy (non-hydrogen) atoms. The number of carbonyl (C=O) groups is 3. The standard InChI is InChI=1S/C26H22N4O3/c31-23(19-10-4-1-5-11-19)16-17-24(32)27-28-26(33)22-18-30(21-14-8-3-9-15-21)29-25(22)20-12-6-2-7-13-20/h1-15,18H,16-17H2,(H,27,32)(H,28,33). The number of aromatic nitrogens is 2. The van der Waals surface area contributed by atoms with Crippen molar-refractivity contribution in [1.29, 1.82) is 0 Å². The van der Waals surface area contributed by atoms with Crippen molar-refractivity contribution in [2.45, 2.75) is 12.8 Å². The van der Waals surface area contributed by atoms with Gasteiger partial charge in [0.25, 0.3) is 5.91 Å². The van der Waals surface area contributed by atoms with Gasteiger partial charge in [-0.2, -0.15) is 5.10 Å². The van der Waals surface area contributed by atoms with Crippen LogP contribution in [0.4, 0.5) is 0 Å². The third kappa shape index (κ3) is 5.40. The lowest BCUT2D eigenvalue weighted by Crippen LogP contribution is -2.41. The van der Waals surface area contributed by atoms with Crippen LogP contribution >= 0.6 is 0 Å². The molecule has 0 aliphatic heterocycles. The van der Waals surface area contributed by atoms with Gasteiger partial charge in [-0.15, -0.1) is 0 Å². The van der Waals surface area contributed by atoms with Gasteiger partial charge >= 0.3 is 0 Å². The van der Waals surface area contributed by atoms with Gasteiger partial charge in [0.1, 0.15) is 5.69 Å². The molecule has 3 aromatic carbocycles. The smallest absolute Gasteiger partial charge is 0.273 e. The Labute approximate surface area is 191 Å². The summed E-state index contributed by atoms with van der Waals surface area (Å²) in [5.74, 6) is -1.09. The molecule has 2 amide bonds. The van der Waals surface area contributed by atoms with Crippen LogP contribution in [0.3, 0.4) is 0 Å². The van der Waals surface area contributed by atoms with Crippen molar-refractivity contribution in [3.8, 4) is 16.9 Å². The number of nitrogens with one attached hydrogen (secondary N) is 2. The van der Waals surface area contributed by atoms with E-state index < -0.39 is 11.8 Å². The van der Waals surface area contributed by atoms with E-state index >= 15 is 0 Å². The van der Waals surface area contributed by atoms with Gasteiger partial charge in [0.2, 0.25) is 5.91 Å². The number of carbonyl (C=O) groups excluding carboxylic acids is 3. The van der Waals surface area contributed by atoms with Gasteiger partial charge in [-0.25, -0.2) is 4.68 Å². The van der Waals surface area contributed by atoms with E-state index in [1.807, 2.05) is 66.7 Å². The van der Waals surface area contributed by atoms with E-state index in [0.717, 1.165) is 11.3 Å². The zero-order valence-corrected chi connectivity index (χ0v) is 17.8. The summed E-state index contributed by atoms with van der Waals surface area (Å²) in [6.07, 6.45) is 1.63. The van der Waals surface area contributed by atoms with Gasteiger partial charge in [0.15, 0.2) is 5.78 Å². The molecule has 0 spiro atoms. The minimum absolute atomic E-state index is 0.0389. The highest BCUT2D eigenvalue weighted by molar-refractivity contribution is 6.01. The fraction of sp³-hybridized carbons (Fsp3) is 0.0769. The van der Waals surface area contributed by atoms with E-state index in [0.29, 0.717) is 16.8 Å². The molecule has 4 rings (SSSR count). The number of benzene rings is 3. The predicted octanol–water partition coefficient (Wildman–Crippen LogP) is 3.96. The summed E-state index contributed by atoms with van der Waals surface area (Å²) in [6, 6.07) is 27.6. The number of ketones is 1. The Bertz CT molecular complexity index is 1250. The van der Waals surface area contributed by atoms with Crippen molar-refractivity contribution in [3.63, 3.8) is 0 Å². The highest BCUT2D eigenvalue weighted by Gasteiger charge is 2.19. The number of rotatable bonds is 7. The zero-order valence-electron chi connectivity index (χ0n) is 17.8. The Morgan fingerprint density at radius 3 is 2.00 bits per heavy atom. The van der Waals surface area contributed by atoms with Gasteiger partial charge in [-0.3, -0.25) is 25.2 Å². The van der Waals surface area contributed by atoms with Crippen LogP contribution in [0.2, 0.25) is 0 Å². The van der Waals surface area contributed by atoms with Crippen molar-refractivity contribution < 1.29 is 14.4 Å². The van der Waals surface area contributed by atoms with E-state index in [9.17, 15) is 14.4 Å². The summed E-state index contributed by atoms with van der Waals surface area (Å²) in [6.45, 7) is 0. The largest absolute Gasteiger partial charge is 0.294 e. The lowest BCUT2D eigenvalue weighted by molar-refractivity contribution is -0.121. The summed E-state index contributed by atoms with van der Waals surface area (Å²) < 4.78 is 1.62. The molecule has 0 aliphatic rings. The lowest BCUT2D eigenvalue weighted by Gasteiger charge is -2.07. The Morgan fingerprint density at radius 1 is 0.727 bits per heavy atom. The zero-order chi connectivity index (χ0) is 23.0. The molecule has 0 unspecified atom stereocenters. The van der Waals surface area contributed by atoms with Crippen LogP contribution in [0, 0.1) is 0 Å². The molecule has 0 radical (unpaired) electrons. The van der Waals surface area contributed by atoms with Crippen LogP contribution in [-0.2, 0) is 4.79 Å². The second-order valence-electron chi connectivity index (χ2n) is 7.33. The minimum atomic E-state index is -0.501. The first-order valence-corrected chi connectivity index (χ1v) is 10.5. The fourth-order valence-corrected chi connectivity index (χ4v) is 3.31. The van der Waals surface area contributed by atoms with Crippen LogP contribution in [0.15, 0.2) is 97.2 Å². The van der Waals surface area contributed by atoms with E-state index in [4.69, 9.17) is 0 Å². The van der Waals surface area contributed by atoms with Gasteiger partial charge in [-0.1, -0.05) is 78.9 Å². The maximum absolute atomic E-state index is 12.9. The molecule has 1 heterocycles. The molecule has 0 saturated carbocycles. The van der Waals surface area contributed by atoms with E-state index in [-0.39, 0.29) is 18.6 Å². The Hall–Kier alpha value is -4.52. The average molecular weight is 438 g/mol. The molecule has 7 heteroatoms. The SMILES string of the molecule is O=C(CCC(=O)c1ccccc1)NNC(=O)c1cn(-c2ccccc2)nc1-c1ccccc1. The molecule has 1 aromatic heterocycles. The van der Waals surface area contributed by atoms with Crippen molar-refractivity contribution in [2.75, 3.05) is 0 Å². The topological polar surface area (TPSA) is 93.1 Å². The molecule has 0 aliphatic carbocycles. The van der Waals surface area contributed by atoms with Crippen LogP contribution in [0.1, 0.15) is 33.6 Å². The first-order valence-electron chi connectivity index (χ1n) is 10.5. The molecule has 7 nitrogen and oxygen atoms in total. The average Bonchev–Trinajstić information content (AvgIpc) is 3.33. The van der Waals surface area contributed by atoms with Crippen LogP contribution in [0.25, 0.3) is 16.9 Å². The number of hydrogen-bond donors (Lipinski definition) is 2. The van der Waals surface area contributed by atoms with Crippen LogP contribution in [0.5, 0.6) is 0 Å². The summed E-state index contributed by atoms with van der Waals surface area (Å²) in [5.41, 5.74) is 7.75. The summed E-state index contributed by atoms with van der Waals surface area (Å²) >= 11 is 0. The Morgan fingerprint density at radius 2 is 1.33 bits per heavy atom. The first kappa shape index (κ1) is 21.7. The predicted molar refractivity (Wildman–Crippen MR) is 125 cm³/mol. The molecule has 0 saturated heterocycles. The second kappa shape index (κ2) is 10.2. The maximum atomic E-state index is 12.9. The first-order chi connectivity index (χ1) is 16.1. The number of amides is 2. The van der Waals surface area contributed by atoms with Crippen LogP contribution < -0.4 is 10.9 Å². The third-order valence-corrected chi connectivity index (χ3v) is 5.02. The highest BCUT2D eigenvalue weighted by Crippen LogP contribution is 2.23. The lowest BCUT2D eigenvalue weighted by atomic mass is 10.1. The molecule has 0 bridgehead atoms. The third-order valence-electron chi connectivity index (χ3n) is 5.02. The monoisotopic (exact) mass is 438 g/mol. The summed E-state index contributed by atoms with van der Waals surface area (Å²) in [7, 11) is 0. The van der Waals surface area contributed by atoms with Crippen molar-refractivity contribution >= 4 is 17.6 Å². The van der Waals surface area contributed by atoms with Crippen LogP contribution in [-0.4, -0.2) is 27.4 Å².